The highest BCUT2D eigenvalue weighted by atomic mass is 15.0. The molecule has 0 amide bonds. The first-order valence-corrected chi connectivity index (χ1v) is 14.7. The van der Waals surface area contributed by atoms with E-state index in [4.69, 9.17) is 19.9 Å². The van der Waals surface area contributed by atoms with Crippen molar-refractivity contribution in [3.05, 3.63) is 158 Å². The van der Waals surface area contributed by atoms with Gasteiger partial charge in [0.2, 0.25) is 0 Å². The molecule has 0 saturated heterocycles. The molecule has 44 heavy (non-hydrogen) atoms. The largest absolute Gasteiger partial charge is 0.256 e. The van der Waals surface area contributed by atoms with Crippen LogP contribution in [0.25, 0.3) is 78.1 Å². The van der Waals surface area contributed by atoms with Crippen molar-refractivity contribution in [2.24, 2.45) is 0 Å². The van der Waals surface area contributed by atoms with Gasteiger partial charge in [0.25, 0.3) is 0 Å². The Balaban J connectivity index is 1.28. The van der Waals surface area contributed by atoms with Gasteiger partial charge in [0.15, 0.2) is 17.5 Å². The van der Waals surface area contributed by atoms with E-state index in [0.29, 0.717) is 17.5 Å². The highest BCUT2D eigenvalue weighted by Gasteiger charge is 2.16. The van der Waals surface area contributed by atoms with Crippen LogP contribution in [-0.2, 0) is 0 Å². The second-order valence-corrected chi connectivity index (χ2v) is 10.7. The molecular formula is C40H26N4. The lowest BCUT2D eigenvalue weighted by Crippen LogP contribution is -2.00. The van der Waals surface area contributed by atoms with Crippen LogP contribution >= 0.6 is 0 Å². The number of fused-ring (bicyclic) bond motifs is 2. The number of hydrogen-bond acceptors (Lipinski definition) is 4. The zero-order valence-corrected chi connectivity index (χ0v) is 23.8. The van der Waals surface area contributed by atoms with Gasteiger partial charge < -0.3 is 0 Å². The van der Waals surface area contributed by atoms with Gasteiger partial charge in [-0.3, -0.25) is 4.98 Å². The number of aromatic nitrogens is 4. The summed E-state index contributed by atoms with van der Waals surface area (Å²) in [6, 6.07) is 52.1. The van der Waals surface area contributed by atoms with E-state index in [-0.39, 0.29) is 0 Å². The van der Waals surface area contributed by atoms with E-state index in [2.05, 4.69) is 84.9 Å². The van der Waals surface area contributed by atoms with E-state index in [1.807, 2.05) is 72.9 Å². The van der Waals surface area contributed by atoms with Crippen LogP contribution in [0.5, 0.6) is 0 Å². The van der Waals surface area contributed by atoms with Crippen LogP contribution < -0.4 is 0 Å². The third-order valence-corrected chi connectivity index (χ3v) is 7.98. The van der Waals surface area contributed by atoms with E-state index in [9.17, 15) is 0 Å². The summed E-state index contributed by atoms with van der Waals surface area (Å²) in [5, 5.41) is 3.52. The van der Waals surface area contributed by atoms with Crippen LogP contribution in [0.15, 0.2) is 158 Å². The Hall–Kier alpha value is -6.00. The maximum Gasteiger partial charge on any atom is 0.164 e. The molecule has 2 heterocycles. The lowest BCUT2D eigenvalue weighted by atomic mass is 9.88. The zero-order valence-electron chi connectivity index (χ0n) is 23.8. The molecule has 0 aliphatic carbocycles. The normalized spacial score (nSPS) is 11.2. The van der Waals surface area contributed by atoms with Crippen LogP contribution in [0.2, 0.25) is 0 Å². The van der Waals surface area contributed by atoms with E-state index in [0.717, 1.165) is 44.3 Å². The predicted octanol–water partition coefficient (Wildman–Crippen LogP) is 9.91. The molecule has 8 rings (SSSR count). The molecule has 0 aliphatic heterocycles. The van der Waals surface area contributed by atoms with Gasteiger partial charge in [0.1, 0.15) is 0 Å². The summed E-state index contributed by atoms with van der Waals surface area (Å²) in [6.07, 6.45) is 1.87. The van der Waals surface area contributed by atoms with Gasteiger partial charge in [-0.05, 0) is 33.5 Å². The number of rotatable bonds is 5. The van der Waals surface area contributed by atoms with E-state index in [1.165, 1.54) is 16.3 Å². The monoisotopic (exact) mass is 562 g/mol. The first kappa shape index (κ1) is 25.7. The van der Waals surface area contributed by atoms with Gasteiger partial charge in [0, 0.05) is 33.8 Å². The van der Waals surface area contributed by atoms with Crippen molar-refractivity contribution in [1.82, 2.24) is 19.9 Å². The molecule has 0 spiro atoms. The van der Waals surface area contributed by atoms with Crippen LogP contribution in [0.3, 0.4) is 0 Å². The molecule has 4 nitrogen and oxygen atoms in total. The zero-order chi connectivity index (χ0) is 29.3. The summed E-state index contributed by atoms with van der Waals surface area (Å²) in [7, 11) is 0. The second-order valence-electron chi connectivity index (χ2n) is 10.7. The average Bonchev–Trinajstić information content (AvgIpc) is 3.11. The minimum absolute atomic E-state index is 0.640. The van der Waals surface area contributed by atoms with Crippen LogP contribution in [-0.4, -0.2) is 19.9 Å². The first-order chi connectivity index (χ1) is 21.8. The molecule has 2 aromatic heterocycles. The lowest BCUT2D eigenvalue weighted by molar-refractivity contribution is 1.07. The number of pyridine rings is 1. The van der Waals surface area contributed by atoms with E-state index < -0.39 is 0 Å². The number of hydrogen-bond donors (Lipinski definition) is 0. The molecule has 0 saturated carbocycles. The molecule has 0 radical (unpaired) electrons. The van der Waals surface area contributed by atoms with Crippen molar-refractivity contribution in [3.8, 4) is 56.4 Å². The van der Waals surface area contributed by atoms with Crippen molar-refractivity contribution in [3.63, 3.8) is 0 Å². The van der Waals surface area contributed by atoms with Gasteiger partial charge in [-0.15, -0.1) is 0 Å². The quantitative estimate of drug-likeness (QED) is 0.209. The van der Waals surface area contributed by atoms with E-state index >= 15 is 0 Å². The molecule has 4 heteroatoms. The third-order valence-electron chi connectivity index (χ3n) is 7.98. The topological polar surface area (TPSA) is 51.6 Å². The highest BCUT2D eigenvalue weighted by Crippen LogP contribution is 2.41. The fraction of sp³-hybridized carbons (Fsp3) is 0. The fourth-order valence-corrected chi connectivity index (χ4v) is 5.84. The smallest absolute Gasteiger partial charge is 0.164 e. The number of para-hydroxylation sites is 1. The van der Waals surface area contributed by atoms with Crippen molar-refractivity contribution < 1.29 is 0 Å². The van der Waals surface area contributed by atoms with E-state index in [1.54, 1.807) is 0 Å². The maximum absolute atomic E-state index is 4.91. The molecule has 0 fully saturated rings. The number of benzene rings is 6. The molecule has 0 atom stereocenters. The Morgan fingerprint density at radius 2 is 0.886 bits per heavy atom. The van der Waals surface area contributed by atoms with Gasteiger partial charge in [-0.1, -0.05) is 146 Å². The van der Waals surface area contributed by atoms with Crippen LogP contribution in [0.1, 0.15) is 0 Å². The molecule has 0 aliphatic rings. The van der Waals surface area contributed by atoms with Crippen LogP contribution in [0, 0.1) is 0 Å². The van der Waals surface area contributed by atoms with Gasteiger partial charge in [0.05, 0.1) is 5.52 Å². The summed E-state index contributed by atoms with van der Waals surface area (Å²) in [5.41, 5.74) is 8.40. The third kappa shape index (κ3) is 4.69. The van der Waals surface area contributed by atoms with Crippen molar-refractivity contribution in [2.45, 2.75) is 0 Å². The molecule has 8 aromatic rings. The molecule has 6 aromatic carbocycles. The standard InChI is InChI=1S/C40H26N4/c1-3-12-30(13-4-1)38-42-39(31-14-5-2-6-15-31)44-40(43-38)32-22-20-28(21-23-32)34-25-24-27-11-7-8-18-33(27)36(34)35-19-9-16-29-17-10-26-41-37(29)35/h1-26H. The Morgan fingerprint density at radius 3 is 1.57 bits per heavy atom. The average molecular weight is 563 g/mol. The summed E-state index contributed by atoms with van der Waals surface area (Å²) in [6.45, 7) is 0. The molecule has 0 bridgehead atoms. The Labute approximate surface area is 255 Å². The predicted molar refractivity (Wildman–Crippen MR) is 180 cm³/mol. The van der Waals surface area contributed by atoms with Crippen molar-refractivity contribution >= 4 is 21.7 Å². The molecule has 0 unspecified atom stereocenters. The summed E-state index contributed by atoms with van der Waals surface area (Å²) >= 11 is 0. The summed E-state index contributed by atoms with van der Waals surface area (Å²) in [5.74, 6) is 1.94. The van der Waals surface area contributed by atoms with Crippen molar-refractivity contribution in [1.29, 1.82) is 0 Å². The maximum atomic E-state index is 4.91. The number of nitrogens with zero attached hydrogens (tertiary/aromatic N) is 4. The Bertz CT molecular complexity index is 2200. The SMILES string of the molecule is c1ccc(-c2nc(-c3ccccc3)nc(-c3ccc(-c4ccc5ccccc5c4-c4cccc5cccnc45)cc3)n2)cc1. The van der Waals surface area contributed by atoms with Crippen LogP contribution in [0.4, 0.5) is 0 Å². The molecular weight excluding hydrogens is 536 g/mol. The van der Waals surface area contributed by atoms with Gasteiger partial charge in [-0.25, -0.2) is 15.0 Å². The summed E-state index contributed by atoms with van der Waals surface area (Å²) < 4.78 is 0. The van der Waals surface area contributed by atoms with Gasteiger partial charge >= 0.3 is 0 Å². The minimum Gasteiger partial charge on any atom is -0.256 e. The molecule has 0 N–H and O–H groups in total. The Morgan fingerprint density at radius 1 is 0.341 bits per heavy atom. The second kappa shape index (κ2) is 11.0. The lowest BCUT2D eigenvalue weighted by Gasteiger charge is -2.16. The Kier molecular flexibility index (Phi) is 6.43. The summed E-state index contributed by atoms with van der Waals surface area (Å²) in [4.78, 5) is 19.5. The highest BCUT2D eigenvalue weighted by molar-refractivity contribution is 6.09. The fourth-order valence-electron chi connectivity index (χ4n) is 5.84. The van der Waals surface area contributed by atoms with Gasteiger partial charge in [-0.2, -0.15) is 0 Å². The van der Waals surface area contributed by atoms with Crippen molar-refractivity contribution in [2.75, 3.05) is 0 Å². The molecule has 206 valence electrons. The first-order valence-electron chi connectivity index (χ1n) is 14.7. The minimum atomic E-state index is 0.640.